The third-order valence-corrected chi connectivity index (χ3v) is 1.89. The quantitative estimate of drug-likeness (QED) is 0.866. The van der Waals surface area contributed by atoms with E-state index >= 15 is 0 Å². The summed E-state index contributed by atoms with van der Waals surface area (Å²) in [5, 5.41) is 6.75. The first-order valence-corrected chi connectivity index (χ1v) is 4.96. The Hall–Kier alpha value is -0.840. The van der Waals surface area contributed by atoms with E-state index in [1.807, 2.05) is 6.92 Å². The van der Waals surface area contributed by atoms with Gasteiger partial charge in [-0.15, -0.1) is 0 Å². The van der Waals surface area contributed by atoms with Gasteiger partial charge in [0.2, 0.25) is 5.91 Å². The molecule has 0 atom stereocenters. The highest BCUT2D eigenvalue weighted by Gasteiger charge is 2.01. The normalized spacial score (nSPS) is 10.0. The highest BCUT2D eigenvalue weighted by atomic mass is 79.9. The van der Waals surface area contributed by atoms with E-state index in [9.17, 15) is 4.79 Å². The standard InChI is InChI=1S/C8H12BrN3O/c1-2-3-10-8(13)6-12-5-7(9)4-11-12/h4-5H,2-3,6H2,1H3,(H,10,13). The summed E-state index contributed by atoms with van der Waals surface area (Å²) in [5.74, 6) is -0.00236. The lowest BCUT2D eigenvalue weighted by molar-refractivity contribution is -0.121. The lowest BCUT2D eigenvalue weighted by Gasteiger charge is -2.02. The van der Waals surface area contributed by atoms with Crippen LogP contribution < -0.4 is 5.32 Å². The van der Waals surface area contributed by atoms with Gasteiger partial charge in [-0.05, 0) is 22.4 Å². The summed E-state index contributed by atoms with van der Waals surface area (Å²) < 4.78 is 2.48. The first-order valence-electron chi connectivity index (χ1n) is 4.17. The number of amides is 1. The van der Waals surface area contributed by atoms with Crippen molar-refractivity contribution in [2.75, 3.05) is 6.54 Å². The molecule has 1 heterocycles. The second-order valence-corrected chi connectivity index (χ2v) is 3.62. The number of halogens is 1. The maximum Gasteiger partial charge on any atom is 0.241 e. The molecule has 0 fully saturated rings. The summed E-state index contributed by atoms with van der Waals surface area (Å²) >= 11 is 3.26. The molecule has 72 valence electrons. The molecular formula is C8H12BrN3O. The molecule has 0 radical (unpaired) electrons. The maximum atomic E-state index is 11.2. The summed E-state index contributed by atoms with van der Waals surface area (Å²) in [6.07, 6.45) is 4.38. The van der Waals surface area contributed by atoms with Gasteiger partial charge in [-0.1, -0.05) is 6.92 Å². The van der Waals surface area contributed by atoms with E-state index in [2.05, 4.69) is 26.3 Å². The van der Waals surface area contributed by atoms with Crippen molar-refractivity contribution < 1.29 is 4.79 Å². The van der Waals surface area contributed by atoms with Crippen molar-refractivity contribution in [3.63, 3.8) is 0 Å². The predicted octanol–water partition coefficient (Wildman–Crippen LogP) is 1.17. The van der Waals surface area contributed by atoms with Gasteiger partial charge in [-0.3, -0.25) is 9.48 Å². The van der Waals surface area contributed by atoms with E-state index in [4.69, 9.17) is 0 Å². The minimum absolute atomic E-state index is 0.00236. The Morgan fingerprint density at radius 3 is 3.08 bits per heavy atom. The number of nitrogens with zero attached hydrogens (tertiary/aromatic N) is 2. The molecule has 0 saturated carbocycles. The van der Waals surface area contributed by atoms with Gasteiger partial charge < -0.3 is 5.32 Å². The van der Waals surface area contributed by atoms with Crippen LogP contribution in [0.15, 0.2) is 16.9 Å². The van der Waals surface area contributed by atoms with E-state index in [-0.39, 0.29) is 12.5 Å². The van der Waals surface area contributed by atoms with Crippen molar-refractivity contribution in [3.8, 4) is 0 Å². The van der Waals surface area contributed by atoms with Gasteiger partial charge in [0.1, 0.15) is 6.54 Å². The van der Waals surface area contributed by atoms with Gasteiger partial charge in [0, 0.05) is 12.7 Å². The fraction of sp³-hybridized carbons (Fsp3) is 0.500. The van der Waals surface area contributed by atoms with Crippen LogP contribution in [0.4, 0.5) is 0 Å². The average molecular weight is 246 g/mol. The predicted molar refractivity (Wildman–Crippen MR) is 53.2 cm³/mol. The van der Waals surface area contributed by atoms with Crippen molar-refractivity contribution in [2.24, 2.45) is 0 Å². The third-order valence-electron chi connectivity index (χ3n) is 1.48. The molecule has 0 unspecified atom stereocenters. The van der Waals surface area contributed by atoms with Crippen LogP contribution in [0.5, 0.6) is 0 Å². The molecule has 5 heteroatoms. The van der Waals surface area contributed by atoms with E-state index < -0.39 is 0 Å². The minimum Gasteiger partial charge on any atom is -0.355 e. The largest absolute Gasteiger partial charge is 0.355 e. The van der Waals surface area contributed by atoms with E-state index in [1.54, 1.807) is 17.1 Å². The van der Waals surface area contributed by atoms with Crippen LogP contribution in [-0.4, -0.2) is 22.2 Å². The van der Waals surface area contributed by atoms with Crippen LogP contribution in [0, 0.1) is 0 Å². The average Bonchev–Trinajstić information content (AvgIpc) is 2.48. The number of rotatable bonds is 4. The zero-order valence-electron chi connectivity index (χ0n) is 7.46. The molecule has 1 amide bonds. The number of hydrogen-bond donors (Lipinski definition) is 1. The molecular weight excluding hydrogens is 234 g/mol. The summed E-state index contributed by atoms with van der Waals surface area (Å²) in [6.45, 7) is 3.03. The van der Waals surface area contributed by atoms with Crippen molar-refractivity contribution in [3.05, 3.63) is 16.9 Å². The maximum absolute atomic E-state index is 11.2. The number of carbonyl (C=O) groups excluding carboxylic acids is 1. The van der Waals surface area contributed by atoms with Gasteiger partial charge in [-0.2, -0.15) is 5.10 Å². The molecule has 1 N–H and O–H groups in total. The highest BCUT2D eigenvalue weighted by molar-refractivity contribution is 9.10. The number of nitrogens with one attached hydrogen (secondary N) is 1. The van der Waals surface area contributed by atoms with Crippen LogP contribution in [-0.2, 0) is 11.3 Å². The smallest absolute Gasteiger partial charge is 0.241 e. The zero-order valence-corrected chi connectivity index (χ0v) is 9.04. The SMILES string of the molecule is CCCNC(=O)Cn1cc(Br)cn1. The molecule has 0 saturated heterocycles. The van der Waals surface area contributed by atoms with Crippen LogP contribution in [0.25, 0.3) is 0 Å². The lowest BCUT2D eigenvalue weighted by atomic mass is 10.4. The molecule has 0 aliphatic rings. The number of carbonyl (C=O) groups is 1. The van der Waals surface area contributed by atoms with Crippen LogP contribution >= 0.6 is 15.9 Å². The Morgan fingerprint density at radius 2 is 2.54 bits per heavy atom. The summed E-state index contributed by atoms with van der Waals surface area (Å²) in [6, 6.07) is 0. The molecule has 0 bridgehead atoms. The van der Waals surface area contributed by atoms with E-state index in [1.165, 1.54) is 0 Å². The van der Waals surface area contributed by atoms with Crippen molar-refractivity contribution >= 4 is 21.8 Å². The Labute approximate surface area is 85.4 Å². The molecule has 1 aromatic rings. The van der Waals surface area contributed by atoms with E-state index in [0.29, 0.717) is 0 Å². The lowest BCUT2D eigenvalue weighted by Crippen LogP contribution is -2.28. The first kappa shape index (κ1) is 10.2. The fourth-order valence-corrected chi connectivity index (χ4v) is 1.22. The molecule has 0 aliphatic heterocycles. The van der Waals surface area contributed by atoms with Crippen molar-refractivity contribution in [2.45, 2.75) is 19.9 Å². The molecule has 4 nitrogen and oxygen atoms in total. The second kappa shape index (κ2) is 5.01. The summed E-state index contributed by atoms with van der Waals surface area (Å²) in [5.41, 5.74) is 0. The van der Waals surface area contributed by atoms with Gasteiger partial charge in [0.25, 0.3) is 0 Å². The third kappa shape index (κ3) is 3.59. The molecule has 0 aliphatic carbocycles. The fourth-order valence-electron chi connectivity index (χ4n) is 0.892. The van der Waals surface area contributed by atoms with Crippen LogP contribution in [0.3, 0.4) is 0 Å². The second-order valence-electron chi connectivity index (χ2n) is 2.71. The summed E-state index contributed by atoms with van der Waals surface area (Å²) in [4.78, 5) is 11.2. The van der Waals surface area contributed by atoms with Crippen molar-refractivity contribution in [1.82, 2.24) is 15.1 Å². The highest BCUT2D eigenvalue weighted by Crippen LogP contribution is 2.05. The Kier molecular flexibility index (Phi) is 3.95. The number of hydrogen-bond acceptors (Lipinski definition) is 2. The summed E-state index contributed by atoms with van der Waals surface area (Å²) in [7, 11) is 0. The molecule has 0 spiro atoms. The van der Waals surface area contributed by atoms with Gasteiger partial charge in [0.05, 0.1) is 10.7 Å². The Balaban J connectivity index is 2.36. The van der Waals surface area contributed by atoms with Gasteiger partial charge in [0.15, 0.2) is 0 Å². The minimum atomic E-state index is -0.00236. The van der Waals surface area contributed by atoms with Crippen molar-refractivity contribution in [1.29, 1.82) is 0 Å². The molecule has 0 aromatic carbocycles. The van der Waals surface area contributed by atoms with E-state index in [0.717, 1.165) is 17.4 Å². The Morgan fingerprint density at radius 1 is 1.77 bits per heavy atom. The number of aromatic nitrogens is 2. The van der Waals surface area contributed by atoms with Gasteiger partial charge in [-0.25, -0.2) is 0 Å². The topological polar surface area (TPSA) is 46.9 Å². The Bertz CT molecular complexity index is 285. The monoisotopic (exact) mass is 245 g/mol. The molecule has 13 heavy (non-hydrogen) atoms. The molecule has 1 rings (SSSR count). The molecule has 1 aromatic heterocycles. The van der Waals surface area contributed by atoms with Gasteiger partial charge >= 0.3 is 0 Å². The zero-order chi connectivity index (χ0) is 9.68. The first-order chi connectivity index (χ1) is 6.22. The van der Waals surface area contributed by atoms with Crippen LogP contribution in [0.1, 0.15) is 13.3 Å². The van der Waals surface area contributed by atoms with Crippen LogP contribution in [0.2, 0.25) is 0 Å².